The van der Waals surface area contributed by atoms with Crippen molar-refractivity contribution in [3.8, 4) is 0 Å². The molecule has 0 radical (unpaired) electrons. The summed E-state index contributed by atoms with van der Waals surface area (Å²) < 4.78 is 27.3. The molecule has 0 aliphatic rings. The Morgan fingerprint density at radius 1 is 1.26 bits per heavy atom. The third-order valence-electron chi connectivity index (χ3n) is 2.36. The topological polar surface area (TPSA) is 72.2 Å². The van der Waals surface area contributed by atoms with Crippen molar-refractivity contribution < 1.29 is 8.42 Å². The van der Waals surface area contributed by atoms with Gasteiger partial charge in [0.25, 0.3) is 10.0 Å². The van der Waals surface area contributed by atoms with Gasteiger partial charge in [-0.2, -0.15) is 0 Å². The number of sulfonamides is 1. The van der Waals surface area contributed by atoms with Crippen LogP contribution in [0.25, 0.3) is 0 Å². The Morgan fingerprint density at radius 2 is 1.95 bits per heavy atom. The van der Waals surface area contributed by atoms with Gasteiger partial charge < -0.3 is 5.73 Å². The van der Waals surface area contributed by atoms with Crippen molar-refractivity contribution in [3.05, 3.63) is 39.2 Å². The zero-order valence-electron chi connectivity index (χ0n) is 9.78. The quantitative estimate of drug-likeness (QED) is 0.838. The van der Waals surface area contributed by atoms with Crippen LogP contribution in [-0.2, 0) is 10.0 Å². The first kappa shape index (κ1) is 14.5. The summed E-state index contributed by atoms with van der Waals surface area (Å²) in [5.41, 5.74) is 6.97. The van der Waals surface area contributed by atoms with E-state index in [0.29, 0.717) is 9.36 Å². The van der Waals surface area contributed by atoms with Crippen molar-refractivity contribution in [1.82, 2.24) is 0 Å². The molecule has 2 rings (SSSR count). The fourth-order valence-electron chi connectivity index (χ4n) is 1.39. The van der Waals surface area contributed by atoms with Gasteiger partial charge in [0.2, 0.25) is 0 Å². The van der Waals surface area contributed by atoms with Gasteiger partial charge in [-0.15, -0.1) is 11.3 Å². The molecule has 19 heavy (non-hydrogen) atoms. The summed E-state index contributed by atoms with van der Waals surface area (Å²) in [7, 11) is -3.69. The van der Waals surface area contributed by atoms with E-state index in [1.54, 1.807) is 13.0 Å². The molecule has 1 aromatic heterocycles. The molecule has 0 aliphatic heterocycles. The summed E-state index contributed by atoms with van der Waals surface area (Å²) in [6, 6.07) is 6.06. The largest absolute Gasteiger partial charge is 0.397 e. The second-order valence-electron chi connectivity index (χ2n) is 3.86. The van der Waals surface area contributed by atoms with Crippen LogP contribution in [0.15, 0.2) is 28.5 Å². The fourth-order valence-corrected chi connectivity index (χ4v) is 4.36. The van der Waals surface area contributed by atoms with Crippen molar-refractivity contribution in [3.63, 3.8) is 0 Å². The van der Waals surface area contributed by atoms with E-state index in [1.165, 1.54) is 18.2 Å². The molecule has 0 aliphatic carbocycles. The van der Waals surface area contributed by atoms with Crippen molar-refractivity contribution in [2.24, 2.45) is 0 Å². The first-order valence-electron chi connectivity index (χ1n) is 5.13. The molecule has 1 heterocycles. The first-order valence-corrected chi connectivity index (χ1v) is 8.19. The van der Waals surface area contributed by atoms with Crippen LogP contribution in [0.3, 0.4) is 0 Å². The van der Waals surface area contributed by atoms with E-state index in [2.05, 4.69) is 4.72 Å². The minimum Gasteiger partial charge on any atom is -0.397 e. The fraction of sp³-hybridized carbons (Fsp3) is 0.0909. The number of anilines is 2. The van der Waals surface area contributed by atoms with Gasteiger partial charge >= 0.3 is 0 Å². The summed E-state index contributed by atoms with van der Waals surface area (Å²) in [4.78, 5) is 0. The molecule has 0 saturated carbocycles. The van der Waals surface area contributed by atoms with E-state index in [1.807, 2.05) is 0 Å². The molecule has 0 unspecified atom stereocenters. The van der Waals surface area contributed by atoms with Crippen molar-refractivity contribution >= 4 is 55.9 Å². The molecule has 3 N–H and O–H groups in total. The molecule has 102 valence electrons. The minimum atomic E-state index is -3.69. The summed E-state index contributed by atoms with van der Waals surface area (Å²) in [6.07, 6.45) is 0. The summed E-state index contributed by atoms with van der Waals surface area (Å²) in [5.74, 6) is 0. The van der Waals surface area contributed by atoms with Crippen LogP contribution >= 0.6 is 34.5 Å². The Kier molecular flexibility index (Phi) is 3.96. The molecule has 4 nitrogen and oxygen atoms in total. The zero-order valence-corrected chi connectivity index (χ0v) is 12.9. The Bertz CT molecular complexity index is 707. The van der Waals surface area contributed by atoms with Crippen LogP contribution in [0.2, 0.25) is 9.36 Å². The maximum atomic E-state index is 12.2. The van der Waals surface area contributed by atoms with Crippen LogP contribution in [0.4, 0.5) is 11.4 Å². The number of rotatable bonds is 3. The molecular formula is C11H10Cl2N2O2S2. The highest BCUT2D eigenvalue weighted by Crippen LogP contribution is 2.32. The number of halogens is 2. The number of nitrogens with two attached hydrogens (primary N) is 1. The van der Waals surface area contributed by atoms with Gasteiger partial charge in [0.15, 0.2) is 0 Å². The van der Waals surface area contributed by atoms with E-state index in [-0.39, 0.29) is 15.6 Å². The molecule has 0 bridgehead atoms. The van der Waals surface area contributed by atoms with Gasteiger partial charge in [-0.1, -0.05) is 23.2 Å². The second kappa shape index (κ2) is 5.20. The van der Waals surface area contributed by atoms with Gasteiger partial charge in [0, 0.05) is 5.02 Å². The highest BCUT2D eigenvalue weighted by atomic mass is 35.5. The number of nitrogens with one attached hydrogen (secondary N) is 1. The minimum absolute atomic E-state index is 0.143. The maximum Gasteiger partial charge on any atom is 0.271 e. The van der Waals surface area contributed by atoms with Crippen molar-refractivity contribution in [2.45, 2.75) is 11.1 Å². The molecule has 2 aromatic rings. The number of hydrogen-bond donors (Lipinski definition) is 2. The predicted molar refractivity (Wildman–Crippen MR) is 80.7 cm³/mol. The van der Waals surface area contributed by atoms with Crippen molar-refractivity contribution in [2.75, 3.05) is 10.5 Å². The average Bonchev–Trinajstić information content (AvgIpc) is 2.64. The molecular weight excluding hydrogens is 327 g/mol. The molecule has 0 saturated heterocycles. The van der Waals surface area contributed by atoms with E-state index in [4.69, 9.17) is 28.9 Å². The lowest BCUT2D eigenvalue weighted by molar-refractivity contribution is 0.603. The highest BCUT2D eigenvalue weighted by molar-refractivity contribution is 7.94. The standard InChI is InChI=1S/C11H10Cl2N2O2S2/c1-6-4-10(18-11(6)13)19(16,17)15-9-3-2-7(12)5-8(9)14/h2-5,15H,14H2,1H3. The third kappa shape index (κ3) is 3.14. The lowest BCUT2D eigenvalue weighted by Gasteiger charge is -2.09. The monoisotopic (exact) mass is 336 g/mol. The van der Waals surface area contributed by atoms with E-state index in [9.17, 15) is 8.42 Å². The Labute approximate surface area is 125 Å². The number of thiophene rings is 1. The molecule has 0 amide bonds. The Hall–Kier alpha value is -0.950. The Morgan fingerprint density at radius 3 is 2.47 bits per heavy atom. The number of benzene rings is 1. The molecule has 0 fully saturated rings. The van der Waals surface area contributed by atoms with Crippen LogP contribution < -0.4 is 10.5 Å². The van der Waals surface area contributed by atoms with Gasteiger partial charge in [-0.05, 0) is 36.8 Å². The maximum absolute atomic E-state index is 12.2. The SMILES string of the molecule is Cc1cc(S(=O)(=O)Nc2ccc(Cl)cc2N)sc1Cl. The van der Waals surface area contributed by atoms with Crippen LogP contribution in [0.5, 0.6) is 0 Å². The van der Waals surface area contributed by atoms with Crippen LogP contribution in [-0.4, -0.2) is 8.42 Å². The van der Waals surface area contributed by atoms with Gasteiger partial charge in [0.1, 0.15) is 4.21 Å². The van der Waals surface area contributed by atoms with Gasteiger partial charge in [0.05, 0.1) is 15.7 Å². The summed E-state index contributed by atoms with van der Waals surface area (Å²) >= 11 is 12.6. The first-order chi connectivity index (χ1) is 8.79. The predicted octanol–water partition coefficient (Wildman–Crippen LogP) is 3.75. The molecule has 8 heteroatoms. The molecule has 0 spiro atoms. The average molecular weight is 337 g/mol. The van der Waals surface area contributed by atoms with Gasteiger partial charge in [-0.25, -0.2) is 8.42 Å². The lowest BCUT2D eigenvalue weighted by Crippen LogP contribution is -2.12. The highest BCUT2D eigenvalue weighted by Gasteiger charge is 2.19. The van der Waals surface area contributed by atoms with E-state index >= 15 is 0 Å². The molecule has 1 aromatic carbocycles. The second-order valence-corrected chi connectivity index (χ2v) is 7.86. The van der Waals surface area contributed by atoms with E-state index < -0.39 is 10.0 Å². The molecule has 0 atom stereocenters. The normalized spacial score (nSPS) is 11.5. The van der Waals surface area contributed by atoms with E-state index in [0.717, 1.165) is 16.9 Å². The lowest BCUT2D eigenvalue weighted by atomic mass is 10.3. The number of hydrogen-bond acceptors (Lipinski definition) is 4. The summed E-state index contributed by atoms with van der Waals surface area (Å²) in [5, 5.41) is 0.440. The van der Waals surface area contributed by atoms with Crippen molar-refractivity contribution in [1.29, 1.82) is 0 Å². The number of nitrogen functional groups attached to an aromatic ring is 1. The Balaban J connectivity index is 2.36. The van der Waals surface area contributed by atoms with Gasteiger partial charge in [-0.3, -0.25) is 4.72 Å². The zero-order chi connectivity index (χ0) is 14.2. The smallest absolute Gasteiger partial charge is 0.271 e. The summed E-state index contributed by atoms with van der Waals surface area (Å²) in [6.45, 7) is 1.74. The third-order valence-corrected chi connectivity index (χ3v) is 5.99. The number of aryl methyl sites for hydroxylation is 1. The van der Waals surface area contributed by atoms with Crippen LogP contribution in [0, 0.1) is 6.92 Å². The van der Waals surface area contributed by atoms with Crippen LogP contribution in [0.1, 0.15) is 5.56 Å².